The predicted octanol–water partition coefficient (Wildman–Crippen LogP) is 3.09. The summed E-state index contributed by atoms with van der Waals surface area (Å²) in [5.74, 6) is 0. The Balaban J connectivity index is 1.66. The third-order valence-electron chi connectivity index (χ3n) is 3.53. The Hall–Kier alpha value is -1.55. The minimum absolute atomic E-state index is 1.06. The summed E-state index contributed by atoms with van der Waals surface area (Å²) in [4.78, 5) is 10.6. The molecule has 0 radical (unpaired) electrons. The highest BCUT2D eigenvalue weighted by Crippen LogP contribution is 2.24. The van der Waals surface area contributed by atoms with Crippen molar-refractivity contribution in [3.63, 3.8) is 0 Å². The van der Waals surface area contributed by atoms with E-state index in [4.69, 9.17) is 0 Å². The number of hydrogen-bond donors (Lipinski definition) is 0. The molecule has 0 atom stereocenters. The second kappa shape index (κ2) is 5.21. The van der Waals surface area contributed by atoms with Crippen LogP contribution in [0.15, 0.2) is 30.5 Å². The lowest BCUT2D eigenvalue weighted by Gasteiger charge is -2.36. The lowest BCUT2D eigenvalue weighted by molar-refractivity contribution is 0.652. The van der Waals surface area contributed by atoms with Gasteiger partial charge < -0.3 is 9.80 Å². The summed E-state index contributed by atoms with van der Waals surface area (Å²) >= 11 is 1.79. The number of rotatable bonds is 2. The van der Waals surface area contributed by atoms with Crippen molar-refractivity contribution in [1.29, 1.82) is 0 Å². The minimum atomic E-state index is 1.06. The van der Waals surface area contributed by atoms with E-state index in [1.54, 1.807) is 11.3 Å². The van der Waals surface area contributed by atoms with Crippen LogP contribution in [0.4, 0.5) is 10.8 Å². The molecule has 0 amide bonds. The van der Waals surface area contributed by atoms with Crippen LogP contribution in [0.25, 0.3) is 0 Å². The Labute approximate surface area is 118 Å². The fraction of sp³-hybridized carbons (Fsp3) is 0.400. The molecule has 4 heteroatoms. The number of anilines is 2. The van der Waals surface area contributed by atoms with Gasteiger partial charge in [-0.2, -0.15) is 0 Å². The number of piperazine rings is 1. The molecule has 0 unspecified atom stereocenters. The first kappa shape index (κ1) is 12.5. The van der Waals surface area contributed by atoms with E-state index >= 15 is 0 Å². The van der Waals surface area contributed by atoms with Gasteiger partial charge in [0.15, 0.2) is 5.13 Å². The average Bonchev–Trinajstić information content (AvgIpc) is 2.86. The molecule has 0 N–H and O–H groups in total. The van der Waals surface area contributed by atoms with Crippen molar-refractivity contribution >= 4 is 22.2 Å². The third kappa shape index (κ3) is 2.73. The van der Waals surface area contributed by atoms with Crippen molar-refractivity contribution in [2.75, 3.05) is 36.0 Å². The molecule has 1 fully saturated rings. The SMILES string of the molecule is Cc1cccc(N2CCN(c3ncc(C)s3)CC2)c1. The fourth-order valence-electron chi connectivity index (χ4n) is 2.47. The lowest BCUT2D eigenvalue weighted by Crippen LogP contribution is -2.46. The first-order valence-corrected chi connectivity index (χ1v) is 7.53. The molecule has 2 heterocycles. The number of benzene rings is 1. The van der Waals surface area contributed by atoms with Gasteiger partial charge in [0.05, 0.1) is 0 Å². The summed E-state index contributed by atoms with van der Waals surface area (Å²) < 4.78 is 0. The second-order valence-corrected chi connectivity index (χ2v) is 6.28. The molecule has 100 valence electrons. The van der Waals surface area contributed by atoms with E-state index in [1.807, 2.05) is 6.20 Å². The Kier molecular flexibility index (Phi) is 3.42. The summed E-state index contributed by atoms with van der Waals surface area (Å²) in [6.07, 6.45) is 1.97. The van der Waals surface area contributed by atoms with Crippen molar-refractivity contribution in [2.24, 2.45) is 0 Å². The van der Waals surface area contributed by atoms with E-state index in [-0.39, 0.29) is 0 Å². The molecular formula is C15H19N3S. The number of thiazole rings is 1. The minimum Gasteiger partial charge on any atom is -0.368 e. The smallest absolute Gasteiger partial charge is 0.185 e. The molecule has 3 rings (SSSR count). The maximum Gasteiger partial charge on any atom is 0.185 e. The maximum absolute atomic E-state index is 4.48. The Morgan fingerprint density at radius 2 is 1.79 bits per heavy atom. The molecule has 0 aliphatic carbocycles. The third-order valence-corrected chi connectivity index (χ3v) is 4.50. The summed E-state index contributed by atoms with van der Waals surface area (Å²) in [5.41, 5.74) is 2.67. The van der Waals surface area contributed by atoms with E-state index in [0.29, 0.717) is 0 Å². The summed E-state index contributed by atoms with van der Waals surface area (Å²) in [7, 11) is 0. The molecule has 0 bridgehead atoms. The Morgan fingerprint density at radius 1 is 1.05 bits per heavy atom. The molecule has 19 heavy (non-hydrogen) atoms. The van der Waals surface area contributed by atoms with E-state index < -0.39 is 0 Å². The normalized spacial score (nSPS) is 15.9. The van der Waals surface area contributed by atoms with Crippen molar-refractivity contribution in [1.82, 2.24) is 4.98 Å². The van der Waals surface area contributed by atoms with Crippen LogP contribution in [0.2, 0.25) is 0 Å². The standard InChI is InChI=1S/C15H19N3S/c1-12-4-3-5-14(10-12)17-6-8-18(9-7-17)15-16-11-13(2)19-15/h3-5,10-11H,6-9H2,1-2H3. The molecule has 1 aliphatic heterocycles. The van der Waals surface area contributed by atoms with Gasteiger partial charge in [-0.25, -0.2) is 4.98 Å². The second-order valence-electron chi connectivity index (χ2n) is 5.07. The van der Waals surface area contributed by atoms with Crippen LogP contribution in [0.3, 0.4) is 0 Å². The van der Waals surface area contributed by atoms with Gasteiger partial charge >= 0.3 is 0 Å². The maximum atomic E-state index is 4.48. The lowest BCUT2D eigenvalue weighted by atomic mass is 10.2. The molecule has 1 aromatic carbocycles. The van der Waals surface area contributed by atoms with Gasteiger partial charge in [0.1, 0.15) is 0 Å². The van der Waals surface area contributed by atoms with Crippen LogP contribution >= 0.6 is 11.3 Å². The monoisotopic (exact) mass is 273 g/mol. The molecule has 0 spiro atoms. The topological polar surface area (TPSA) is 19.4 Å². The summed E-state index contributed by atoms with van der Waals surface area (Å²) in [6, 6.07) is 8.76. The fourth-order valence-corrected chi connectivity index (χ4v) is 3.28. The highest BCUT2D eigenvalue weighted by atomic mass is 32.1. The van der Waals surface area contributed by atoms with Crippen LogP contribution < -0.4 is 9.80 Å². The van der Waals surface area contributed by atoms with Gasteiger partial charge in [-0.05, 0) is 31.5 Å². The van der Waals surface area contributed by atoms with Crippen molar-refractivity contribution in [2.45, 2.75) is 13.8 Å². The van der Waals surface area contributed by atoms with Crippen molar-refractivity contribution in [3.05, 3.63) is 40.9 Å². The van der Waals surface area contributed by atoms with Crippen molar-refractivity contribution < 1.29 is 0 Å². The van der Waals surface area contributed by atoms with Crippen LogP contribution in [0.5, 0.6) is 0 Å². The quantitative estimate of drug-likeness (QED) is 0.838. The van der Waals surface area contributed by atoms with Gasteiger partial charge in [-0.15, -0.1) is 11.3 Å². The molecule has 1 saturated heterocycles. The van der Waals surface area contributed by atoms with E-state index in [9.17, 15) is 0 Å². The zero-order valence-electron chi connectivity index (χ0n) is 11.5. The van der Waals surface area contributed by atoms with Gasteiger partial charge in [-0.3, -0.25) is 0 Å². The van der Waals surface area contributed by atoms with E-state index in [1.165, 1.54) is 21.3 Å². The molecule has 0 saturated carbocycles. The summed E-state index contributed by atoms with van der Waals surface area (Å²) in [6.45, 7) is 8.52. The zero-order valence-corrected chi connectivity index (χ0v) is 12.3. The highest BCUT2D eigenvalue weighted by Gasteiger charge is 2.19. The van der Waals surface area contributed by atoms with Crippen molar-refractivity contribution in [3.8, 4) is 0 Å². The number of aryl methyl sites for hydroxylation is 2. The van der Waals surface area contributed by atoms with Crippen LogP contribution in [0.1, 0.15) is 10.4 Å². The van der Waals surface area contributed by atoms with Crippen LogP contribution in [0, 0.1) is 13.8 Å². The highest BCUT2D eigenvalue weighted by molar-refractivity contribution is 7.15. The summed E-state index contributed by atoms with van der Waals surface area (Å²) in [5, 5.41) is 1.17. The predicted molar refractivity (Wildman–Crippen MR) is 82.5 cm³/mol. The largest absolute Gasteiger partial charge is 0.368 e. The first-order valence-electron chi connectivity index (χ1n) is 6.71. The Bertz CT molecular complexity index is 556. The van der Waals surface area contributed by atoms with Gasteiger partial charge in [-0.1, -0.05) is 12.1 Å². The number of aromatic nitrogens is 1. The Morgan fingerprint density at radius 3 is 2.42 bits per heavy atom. The van der Waals surface area contributed by atoms with Gasteiger partial charge in [0.2, 0.25) is 0 Å². The molecule has 2 aromatic rings. The van der Waals surface area contributed by atoms with E-state index in [2.05, 4.69) is 52.9 Å². The van der Waals surface area contributed by atoms with E-state index in [0.717, 1.165) is 26.2 Å². The number of hydrogen-bond acceptors (Lipinski definition) is 4. The molecule has 3 nitrogen and oxygen atoms in total. The van der Waals surface area contributed by atoms with Gasteiger partial charge in [0.25, 0.3) is 0 Å². The molecule has 1 aromatic heterocycles. The van der Waals surface area contributed by atoms with Crippen LogP contribution in [-0.2, 0) is 0 Å². The molecular weight excluding hydrogens is 254 g/mol. The first-order chi connectivity index (χ1) is 9.22. The number of nitrogens with zero attached hydrogens (tertiary/aromatic N) is 3. The zero-order chi connectivity index (χ0) is 13.2. The van der Waals surface area contributed by atoms with Gasteiger partial charge in [0, 0.05) is 42.9 Å². The molecule has 1 aliphatic rings. The van der Waals surface area contributed by atoms with Crippen LogP contribution in [-0.4, -0.2) is 31.2 Å². The average molecular weight is 273 g/mol.